The van der Waals surface area contributed by atoms with Crippen molar-refractivity contribution in [2.45, 2.75) is 13.1 Å². The highest BCUT2D eigenvalue weighted by molar-refractivity contribution is 5.98. The zero-order chi connectivity index (χ0) is 19.9. The minimum atomic E-state index is -4.82. The van der Waals surface area contributed by atoms with Crippen molar-refractivity contribution in [3.05, 3.63) is 45.9 Å². The van der Waals surface area contributed by atoms with Crippen LogP contribution in [0.15, 0.2) is 23.3 Å². The second kappa shape index (κ2) is 6.42. The molecule has 0 atom stereocenters. The Hall–Kier alpha value is -3.35. The lowest BCUT2D eigenvalue weighted by Crippen LogP contribution is -2.39. The predicted molar refractivity (Wildman–Crippen MR) is 86.2 cm³/mol. The van der Waals surface area contributed by atoms with Crippen molar-refractivity contribution in [1.82, 2.24) is 9.55 Å². The number of hydrogen-bond donors (Lipinski definition) is 0. The van der Waals surface area contributed by atoms with E-state index in [0.717, 1.165) is 24.0 Å². The fraction of sp³-hybridized carbons (Fsp3) is 0.235. The van der Waals surface area contributed by atoms with E-state index in [1.54, 1.807) is 0 Å². The molecule has 6 nitrogen and oxygen atoms in total. The molecule has 1 aromatic heterocycles. The molecule has 10 heteroatoms. The van der Waals surface area contributed by atoms with Crippen molar-refractivity contribution in [2.75, 3.05) is 18.1 Å². The third kappa shape index (κ3) is 3.12. The van der Waals surface area contributed by atoms with Gasteiger partial charge in [-0.05, 0) is 13.0 Å². The Morgan fingerprint density at radius 1 is 1.30 bits per heavy atom. The van der Waals surface area contributed by atoms with Crippen molar-refractivity contribution in [3.63, 3.8) is 0 Å². The predicted octanol–water partition coefficient (Wildman–Crippen LogP) is 2.06. The molecule has 0 unspecified atom stereocenters. The number of benzene rings is 1. The van der Waals surface area contributed by atoms with Gasteiger partial charge in [0.05, 0.1) is 17.9 Å². The standard InChI is InChI=1S/C17H11F4N3O3/c1-3-4-23-12-6-11(10(18)5-13(12)27-7-14(23)25)24-8-22-15(17(19,20)21)9(2)16(24)26/h1,5-6,8H,4,7H2,2H3. The average Bonchev–Trinajstić information content (AvgIpc) is 2.59. The molecule has 0 saturated carbocycles. The van der Waals surface area contributed by atoms with Gasteiger partial charge in [-0.1, -0.05) is 5.92 Å². The van der Waals surface area contributed by atoms with E-state index >= 15 is 0 Å². The number of rotatable bonds is 2. The number of aromatic nitrogens is 2. The number of terminal acetylenes is 1. The highest BCUT2D eigenvalue weighted by Crippen LogP contribution is 2.35. The van der Waals surface area contributed by atoms with E-state index in [4.69, 9.17) is 11.2 Å². The van der Waals surface area contributed by atoms with Crippen LogP contribution in [0, 0.1) is 25.1 Å². The van der Waals surface area contributed by atoms with Gasteiger partial charge < -0.3 is 4.74 Å². The average molecular weight is 381 g/mol. The van der Waals surface area contributed by atoms with Gasteiger partial charge in [0, 0.05) is 11.6 Å². The Kier molecular flexibility index (Phi) is 4.39. The van der Waals surface area contributed by atoms with Gasteiger partial charge in [-0.25, -0.2) is 9.37 Å². The summed E-state index contributed by atoms with van der Waals surface area (Å²) in [5.41, 5.74) is -3.42. The lowest BCUT2D eigenvalue weighted by Gasteiger charge is -2.28. The molecule has 0 N–H and O–H groups in total. The summed E-state index contributed by atoms with van der Waals surface area (Å²) < 4.78 is 58.9. The quantitative estimate of drug-likeness (QED) is 0.590. The number of anilines is 1. The molecule has 27 heavy (non-hydrogen) atoms. The van der Waals surface area contributed by atoms with E-state index in [-0.39, 0.29) is 30.3 Å². The Morgan fingerprint density at radius 2 is 2.00 bits per heavy atom. The number of carbonyl (C=O) groups excluding carboxylic acids is 1. The maximum absolute atomic E-state index is 14.5. The molecule has 0 fully saturated rings. The van der Waals surface area contributed by atoms with E-state index in [9.17, 15) is 27.2 Å². The van der Waals surface area contributed by atoms with Crippen LogP contribution >= 0.6 is 0 Å². The third-order valence-electron chi connectivity index (χ3n) is 3.95. The van der Waals surface area contributed by atoms with Crippen LogP contribution < -0.4 is 15.2 Å². The molecule has 1 aromatic carbocycles. The summed E-state index contributed by atoms with van der Waals surface area (Å²) in [7, 11) is 0. The summed E-state index contributed by atoms with van der Waals surface area (Å²) in [5, 5.41) is 0. The van der Waals surface area contributed by atoms with Crippen LogP contribution in [0.3, 0.4) is 0 Å². The molecule has 0 radical (unpaired) electrons. The van der Waals surface area contributed by atoms with Crippen LogP contribution in [-0.2, 0) is 11.0 Å². The molecule has 140 valence electrons. The van der Waals surface area contributed by atoms with Gasteiger partial charge in [-0.3, -0.25) is 19.1 Å². The smallest absolute Gasteiger partial charge is 0.433 e. The van der Waals surface area contributed by atoms with E-state index in [1.165, 1.54) is 0 Å². The molecule has 2 aromatic rings. The molecule has 1 aliphatic rings. The SMILES string of the molecule is C#CCN1C(=O)COc2cc(F)c(-n3cnc(C(F)(F)F)c(C)c3=O)cc21. The van der Waals surface area contributed by atoms with Gasteiger partial charge in [-0.2, -0.15) is 13.2 Å². The van der Waals surface area contributed by atoms with Crippen LogP contribution in [0.25, 0.3) is 5.69 Å². The molecular weight excluding hydrogens is 370 g/mol. The van der Waals surface area contributed by atoms with Crippen LogP contribution in [0.1, 0.15) is 11.3 Å². The zero-order valence-electron chi connectivity index (χ0n) is 13.8. The summed E-state index contributed by atoms with van der Waals surface area (Å²) in [5.74, 6) is 0.883. The van der Waals surface area contributed by atoms with Gasteiger partial charge in [0.25, 0.3) is 11.5 Å². The maximum atomic E-state index is 14.5. The minimum absolute atomic E-state index is 0.0238. The largest absolute Gasteiger partial charge is 0.481 e. The van der Waals surface area contributed by atoms with Gasteiger partial charge in [0.1, 0.15) is 12.1 Å². The minimum Gasteiger partial charge on any atom is -0.481 e. The van der Waals surface area contributed by atoms with Crippen molar-refractivity contribution >= 4 is 11.6 Å². The normalized spacial score (nSPS) is 13.8. The number of alkyl halides is 3. The number of nitrogens with zero attached hydrogens (tertiary/aromatic N) is 3. The van der Waals surface area contributed by atoms with Crippen LogP contribution in [0.2, 0.25) is 0 Å². The molecule has 0 bridgehead atoms. The summed E-state index contributed by atoms with van der Waals surface area (Å²) in [6.45, 7) is 0.482. The molecule has 0 saturated heterocycles. The van der Waals surface area contributed by atoms with Crippen LogP contribution in [0.5, 0.6) is 5.75 Å². The van der Waals surface area contributed by atoms with Crippen molar-refractivity contribution < 1.29 is 27.1 Å². The first-order valence-electron chi connectivity index (χ1n) is 7.51. The first-order chi connectivity index (χ1) is 12.6. The molecule has 2 heterocycles. The molecular formula is C17H11F4N3O3. The van der Waals surface area contributed by atoms with Gasteiger partial charge in [0.2, 0.25) is 0 Å². The topological polar surface area (TPSA) is 64.4 Å². The van der Waals surface area contributed by atoms with Gasteiger partial charge in [-0.15, -0.1) is 6.42 Å². The monoisotopic (exact) mass is 381 g/mol. The van der Waals surface area contributed by atoms with E-state index < -0.39 is 34.7 Å². The van der Waals surface area contributed by atoms with Crippen LogP contribution in [0.4, 0.5) is 23.2 Å². The summed E-state index contributed by atoms with van der Waals surface area (Å²) in [4.78, 5) is 28.7. The molecule has 1 aliphatic heterocycles. The van der Waals surface area contributed by atoms with Gasteiger partial charge >= 0.3 is 6.18 Å². The summed E-state index contributed by atoms with van der Waals surface area (Å²) in [6.07, 6.45) is 0.993. The third-order valence-corrected chi connectivity index (χ3v) is 3.95. The summed E-state index contributed by atoms with van der Waals surface area (Å²) in [6, 6.07) is 2.04. The second-order valence-electron chi connectivity index (χ2n) is 5.64. The maximum Gasteiger partial charge on any atom is 0.433 e. The number of halogens is 4. The molecule has 3 rings (SSSR count). The fourth-order valence-electron chi connectivity index (χ4n) is 2.66. The van der Waals surface area contributed by atoms with Gasteiger partial charge in [0.15, 0.2) is 18.1 Å². The number of hydrogen-bond acceptors (Lipinski definition) is 4. The van der Waals surface area contributed by atoms with Crippen LogP contribution in [-0.4, -0.2) is 28.6 Å². The molecule has 1 amide bonds. The zero-order valence-corrected chi connectivity index (χ0v) is 13.8. The Morgan fingerprint density at radius 3 is 2.63 bits per heavy atom. The van der Waals surface area contributed by atoms with E-state index in [1.807, 2.05) is 0 Å². The van der Waals surface area contributed by atoms with Crippen molar-refractivity contribution in [1.29, 1.82) is 0 Å². The number of ether oxygens (including phenoxy) is 1. The molecule has 0 spiro atoms. The highest BCUT2D eigenvalue weighted by Gasteiger charge is 2.36. The van der Waals surface area contributed by atoms with E-state index in [0.29, 0.717) is 10.9 Å². The van der Waals surface area contributed by atoms with Crippen molar-refractivity contribution in [2.24, 2.45) is 0 Å². The highest BCUT2D eigenvalue weighted by atomic mass is 19.4. The lowest BCUT2D eigenvalue weighted by atomic mass is 10.2. The number of fused-ring (bicyclic) bond motifs is 1. The Balaban J connectivity index is 2.20. The summed E-state index contributed by atoms with van der Waals surface area (Å²) >= 11 is 0. The Bertz CT molecular complexity index is 1040. The molecule has 0 aliphatic carbocycles. The number of carbonyl (C=O) groups is 1. The Labute approximate surface area is 150 Å². The lowest BCUT2D eigenvalue weighted by molar-refractivity contribution is -0.141. The second-order valence-corrected chi connectivity index (χ2v) is 5.64. The first kappa shape index (κ1) is 18.4. The van der Waals surface area contributed by atoms with Crippen molar-refractivity contribution in [3.8, 4) is 23.8 Å². The fourth-order valence-corrected chi connectivity index (χ4v) is 2.66. The first-order valence-corrected chi connectivity index (χ1v) is 7.51. The number of amides is 1. The van der Waals surface area contributed by atoms with E-state index in [2.05, 4.69) is 10.9 Å².